The Balaban J connectivity index is 1.75. The highest BCUT2D eigenvalue weighted by molar-refractivity contribution is 7.92. The molecule has 3 rings (SSSR count). The fourth-order valence-electron chi connectivity index (χ4n) is 3.08. The second-order valence-corrected chi connectivity index (χ2v) is 9.37. The van der Waals surface area contributed by atoms with Crippen LogP contribution in [0.2, 0.25) is 5.02 Å². The minimum absolute atomic E-state index is 0.0224. The summed E-state index contributed by atoms with van der Waals surface area (Å²) in [5, 5.41) is 11.5. The number of fused-ring (bicyclic) bond motifs is 1. The molecule has 0 saturated carbocycles. The highest BCUT2D eigenvalue weighted by Gasteiger charge is 2.18. The summed E-state index contributed by atoms with van der Waals surface area (Å²) in [5.41, 5.74) is 6.80. The van der Waals surface area contributed by atoms with Crippen molar-refractivity contribution in [3.05, 3.63) is 69.6 Å². The third-order valence-electron chi connectivity index (χ3n) is 4.73. The quantitative estimate of drug-likeness (QED) is 0.126. The van der Waals surface area contributed by atoms with Crippen LogP contribution in [0, 0.1) is 12.3 Å². The number of benzene rings is 2. The van der Waals surface area contributed by atoms with Crippen molar-refractivity contribution in [2.45, 2.75) is 18.4 Å². The lowest BCUT2D eigenvalue weighted by atomic mass is 10.1. The second-order valence-electron chi connectivity index (χ2n) is 7.25. The molecule has 0 atom stereocenters. The fourth-order valence-corrected chi connectivity index (χ4v) is 4.35. The molecular weight excluding hydrogens is 484 g/mol. The normalized spacial score (nSPS) is 11.2. The number of halogens is 1. The van der Waals surface area contributed by atoms with E-state index in [1.54, 1.807) is 31.2 Å². The van der Waals surface area contributed by atoms with Crippen LogP contribution in [0.1, 0.15) is 5.69 Å². The molecule has 180 valence electrons. The summed E-state index contributed by atoms with van der Waals surface area (Å²) in [6.07, 6.45) is 0. The van der Waals surface area contributed by atoms with E-state index in [0.717, 1.165) is 9.95 Å². The summed E-state index contributed by atoms with van der Waals surface area (Å²) in [7, 11) is -4.07. The van der Waals surface area contributed by atoms with E-state index in [2.05, 4.69) is 15.5 Å². The van der Waals surface area contributed by atoms with Crippen LogP contribution in [0.15, 0.2) is 58.2 Å². The van der Waals surface area contributed by atoms with Gasteiger partial charge in [0.25, 0.3) is 15.6 Å². The number of guanidine groups is 1. The van der Waals surface area contributed by atoms with Gasteiger partial charge in [0.05, 0.1) is 11.5 Å². The third-order valence-corrected chi connectivity index (χ3v) is 6.33. The predicted octanol–water partition coefficient (Wildman–Crippen LogP) is 1.29. The highest BCUT2D eigenvalue weighted by atomic mass is 35.5. The van der Waals surface area contributed by atoms with E-state index >= 15 is 0 Å². The molecule has 6 N–H and O–H groups in total. The van der Waals surface area contributed by atoms with Crippen molar-refractivity contribution in [1.29, 1.82) is 5.41 Å². The molecule has 0 unspecified atom stereocenters. The fraction of sp³-hybridized carbons (Fsp3) is 0.190. The lowest BCUT2D eigenvalue weighted by Crippen LogP contribution is -2.37. The molecule has 1 amide bonds. The van der Waals surface area contributed by atoms with Gasteiger partial charge in [-0.05, 0) is 54.1 Å². The zero-order valence-corrected chi connectivity index (χ0v) is 19.7. The third kappa shape index (κ3) is 6.25. The molecule has 0 spiro atoms. The molecule has 0 radical (unpaired) electrons. The first-order chi connectivity index (χ1) is 16.1. The standard InChI is InChI=1S/C21H23ClN6O5S/c1-13-2-7-18(20(30)28(13)12-19(29)25-8-9-33-26-21(23)24)27-34(31,32)17-6-4-14-10-16(22)5-3-15(14)11-17/h2-7,10-11,27H,8-9,12H2,1H3,(H,25,29)(H4,23,24,26). The Kier molecular flexibility index (Phi) is 7.76. The number of amides is 1. The summed E-state index contributed by atoms with van der Waals surface area (Å²) in [4.78, 5) is 29.9. The summed E-state index contributed by atoms with van der Waals surface area (Å²) in [5.74, 6) is -0.856. The number of carbonyl (C=O) groups is 1. The van der Waals surface area contributed by atoms with Gasteiger partial charge in [-0.2, -0.15) is 0 Å². The second kappa shape index (κ2) is 10.5. The van der Waals surface area contributed by atoms with Gasteiger partial charge < -0.3 is 15.6 Å². The lowest BCUT2D eigenvalue weighted by molar-refractivity contribution is -0.122. The number of hydroxylamine groups is 1. The molecule has 0 fully saturated rings. The van der Waals surface area contributed by atoms with Crippen LogP contribution in [0.3, 0.4) is 0 Å². The Morgan fingerprint density at radius 2 is 1.85 bits per heavy atom. The van der Waals surface area contributed by atoms with Crippen molar-refractivity contribution in [2.24, 2.45) is 5.73 Å². The number of sulfonamides is 1. The maximum atomic E-state index is 12.9. The van der Waals surface area contributed by atoms with Crippen molar-refractivity contribution in [2.75, 3.05) is 17.9 Å². The number of aryl methyl sites for hydroxylation is 1. The summed E-state index contributed by atoms with van der Waals surface area (Å²) in [6, 6.07) is 12.5. The van der Waals surface area contributed by atoms with Crippen molar-refractivity contribution in [3.63, 3.8) is 0 Å². The van der Waals surface area contributed by atoms with Crippen LogP contribution in [0.4, 0.5) is 5.69 Å². The van der Waals surface area contributed by atoms with Crippen molar-refractivity contribution in [3.8, 4) is 0 Å². The average molecular weight is 507 g/mol. The number of pyridine rings is 1. The molecular formula is C21H23ClN6O5S. The molecule has 13 heteroatoms. The molecule has 11 nitrogen and oxygen atoms in total. The molecule has 34 heavy (non-hydrogen) atoms. The average Bonchev–Trinajstić information content (AvgIpc) is 2.77. The van der Waals surface area contributed by atoms with E-state index < -0.39 is 21.5 Å². The first kappa shape index (κ1) is 25.0. The Bertz CT molecular complexity index is 1410. The molecule has 3 aromatic rings. The van der Waals surface area contributed by atoms with Crippen LogP contribution in [0.5, 0.6) is 0 Å². The van der Waals surface area contributed by atoms with Crippen LogP contribution in [0.25, 0.3) is 10.8 Å². The Morgan fingerprint density at radius 1 is 1.15 bits per heavy atom. The maximum Gasteiger partial charge on any atom is 0.275 e. The van der Waals surface area contributed by atoms with E-state index in [1.165, 1.54) is 24.3 Å². The van der Waals surface area contributed by atoms with Gasteiger partial charge in [0.1, 0.15) is 12.2 Å². The van der Waals surface area contributed by atoms with E-state index in [0.29, 0.717) is 16.1 Å². The van der Waals surface area contributed by atoms with Crippen LogP contribution in [-0.2, 0) is 26.2 Å². The first-order valence-electron chi connectivity index (χ1n) is 9.98. The summed E-state index contributed by atoms with van der Waals surface area (Å²) >= 11 is 5.97. The zero-order chi connectivity index (χ0) is 24.9. The Morgan fingerprint density at radius 3 is 2.59 bits per heavy atom. The first-order valence-corrected chi connectivity index (χ1v) is 11.8. The molecule has 0 aliphatic rings. The van der Waals surface area contributed by atoms with Crippen molar-refractivity contribution >= 4 is 50.0 Å². The molecule has 1 aromatic heterocycles. The number of anilines is 1. The number of hydrogen-bond acceptors (Lipinski definition) is 6. The molecule has 2 aromatic carbocycles. The minimum Gasteiger partial charge on any atom is -0.368 e. The van der Waals surface area contributed by atoms with Gasteiger partial charge >= 0.3 is 0 Å². The smallest absolute Gasteiger partial charge is 0.275 e. The van der Waals surface area contributed by atoms with Gasteiger partial charge in [0.2, 0.25) is 11.9 Å². The van der Waals surface area contributed by atoms with Crippen LogP contribution in [-0.4, -0.2) is 38.0 Å². The SMILES string of the molecule is Cc1ccc(NS(=O)(=O)c2ccc3cc(Cl)ccc3c2)c(=O)n1CC(=O)NCCONC(=N)N. The molecule has 1 heterocycles. The van der Waals surface area contributed by atoms with E-state index in [9.17, 15) is 18.0 Å². The number of aromatic nitrogens is 1. The van der Waals surface area contributed by atoms with Gasteiger partial charge in [0.15, 0.2) is 0 Å². The predicted molar refractivity (Wildman–Crippen MR) is 129 cm³/mol. The van der Waals surface area contributed by atoms with Gasteiger partial charge in [-0.15, -0.1) is 0 Å². The van der Waals surface area contributed by atoms with E-state index in [1.807, 2.05) is 0 Å². The van der Waals surface area contributed by atoms with E-state index in [4.69, 9.17) is 27.6 Å². The molecule has 0 aliphatic heterocycles. The number of hydrogen-bond donors (Lipinski definition) is 5. The number of nitrogens with two attached hydrogens (primary N) is 1. The number of nitrogens with one attached hydrogen (secondary N) is 4. The number of nitrogens with zero attached hydrogens (tertiary/aromatic N) is 1. The largest absolute Gasteiger partial charge is 0.368 e. The van der Waals surface area contributed by atoms with Gasteiger partial charge in [-0.1, -0.05) is 23.7 Å². The van der Waals surface area contributed by atoms with Gasteiger partial charge in [-0.25, -0.2) is 13.9 Å². The van der Waals surface area contributed by atoms with Crippen LogP contribution < -0.4 is 26.8 Å². The van der Waals surface area contributed by atoms with Gasteiger partial charge in [0, 0.05) is 17.3 Å². The van der Waals surface area contributed by atoms with Gasteiger partial charge in [-0.3, -0.25) is 24.6 Å². The monoisotopic (exact) mass is 506 g/mol. The number of rotatable bonds is 9. The number of carbonyl (C=O) groups excluding carboxylic acids is 1. The highest BCUT2D eigenvalue weighted by Crippen LogP contribution is 2.23. The summed E-state index contributed by atoms with van der Waals surface area (Å²) < 4.78 is 29.3. The minimum atomic E-state index is -4.07. The lowest BCUT2D eigenvalue weighted by Gasteiger charge is -2.14. The topological polar surface area (TPSA) is 168 Å². The summed E-state index contributed by atoms with van der Waals surface area (Å²) in [6.45, 7) is 1.45. The molecule has 0 saturated heterocycles. The Labute approximate surface area is 200 Å². The maximum absolute atomic E-state index is 12.9. The zero-order valence-electron chi connectivity index (χ0n) is 18.1. The molecule has 0 bridgehead atoms. The van der Waals surface area contributed by atoms with E-state index in [-0.39, 0.29) is 36.2 Å². The van der Waals surface area contributed by atoms with Crippen molar-refractivity contribution < 1.29 is 18.0 Å². The Hall–Kier alpha value is -3.61. The molecule has 0 aliphatic carbocycles. The van der Waals surface area contributed by atoms with Crippen LogP contribution >= 0.6 is 11.6 Å². The van der Waals surface area contributed by atoms with Crippen molar-refractivity contribution in [1.82, 2.24) is 15.4 Å².